The van der Waals surface area contributed by atoms with Gasteiger partial charge in [-0.3, -0.25) is 4.79 Å². The summed E-state index contributed by atoms with van der Waals surface area (Å²) in [5, 5.41) is 2.42. The van der Waals surface area contributed by atoms with Gasteiger partial charge in [0.2, 0.25) is 5.82 Å². The van der Waals surface area contributed by atoms with Crippen molar-refractivity contribution in [3.63, 3.8) is 0 Å². The predicted octanol–water partition coefficient (Wildman–Crippen LogP) is 2.61. The van der Waals surface area contributed by atoms with Crippen LogP contribution in [0.4, 0.5) is 17.6 Å². The van der Waals surface area contributed by atoms with Gasteiger partial charge in [0.25, 0.3) is 5.91 Å². The van der Waals surface area contributed by atoms with Crippen molar-refractivity contribution in [2.24, 2.45) is 0 Å². The number of amides is 1. The van der Waals surface area contributed by atoms with Crippen LogP contribution >= 0.6 is 0 Å². The Morgan fingerprint density at radius 3 is 2.45 bits per heavy atom. The largest absolute Gasteiger partial charge is 0.433 e. The summed E-state index contributed by atoms with van der Waals surface area (Å²) in [5.41, 5.74) is -0.391. The standard InChI is InChI=1S/C14H11F4N3O/c15-10-3-1-9(2-4-10)5-7-20-13(22)12-19-8-6-11(21-12)14(16,17)18/h1-4,6,8H,5,7H2,(H,20,22). The Hall–Kier alpha value is -2.51. The second-order valence-corrected chi connectivity index (χ2v) is 4.40. The number of aromatic nitrogens is 2. The van der Waals surface area contributed by atoms with Crippen LogP contribution in [0.15, 0.2) is 36.5 Å². The van der Waals surface area contributed by atoms with Crippen molar-refractivity contribution in [3.8, 4) is 0 Å². The minimum absolute atomic E-state index is 0.171. The maximum atomic E-state index is 12.7. The number of carbonyl (C=O) groups excluding carboxylic acids is 1. The van der Waals surface area contributed by atoms with E-state index in [0.717, 1.165) is 11.8 Å². The SMILES string of the molecule is O=C(NCCc1ccc(F)cc1)c1nccc(C(F)(F)F)n1. The molecule has 0 saturated heterocycles. The van der Waals surface area contributed by atoms with Crippen LogP contribution in [0.1, 0.15) is 21.9 Å². The number of carbonyl (C=O) groups is 1. The second-order valence-electron chi connectivity index (χ2n) is 4.40. The topological polar surface area (TPSA) is 54.9 Å². The number of alkyl halides is 3. The van der Waals surface area contributed by atoms with E-state index < -0.39 is 23.6 Å². The molecule has 0 saturated carbocycles. The monoisotopic (exact) mass is 313 g/mol. The summed E-state index contributed by atoms with van der Waals surface area (Å²) in [6, 6.07) is 6.37. The first-order chi connectivity index (χ1) is 10.4. The molecule has 0 atom stereocenters. The van der Waals surface area contributed by atoms with E-state index in [0.29, 0.717) is 12.5 Å². The van der Waals surface area contributed by atoms with Gasteiger partial charge < -0.3 is 5.32 Å². The Kier molecular flexibility index (Phi) is 4.69. The Labute approximate surface area is 123 Å². The third kappa shape index (κ3) is 4.24. The number of nitrogens with one attached hydrogen (secondary N) is 1. The fraction of sp³-hybridized carbons (Fsp3) is 0.214. The van der Waals surface area contributed by atoms with Crippen molar-refractivity contribution >= 4 is 5.91 Å². The molecule has 22 heavy (non-hydrogen) atoms. The average molecular weight is 313 g/mol. The summed E-state index contributed by atoms with van der Waals surface area (Å²) in [6.07, 6.45) is -3.35. The Bertz CT molecular complexity index is 656. The third-order valence-electron chi connectivity index (χ3n) is 2.76. The highest BCUT2D eigenvalue weighted by Gasteiger charge is 2.33. The van der Waals surface area contributed by atoms with Crippen molar-refractivity contribution in [1.29, 1.82) is 0 Å². The maximum absolute atomic E-state index is 12.7. The van der Waals surface area contributed by atoms with Crippen LogP contribution in [-0.4, -0.2) is 22.4 Å². The summed E-state index contributed by atoms with van der Waals surface area (Å²) < 4.78 is 50.2. The quantitative estimate of drug-likeness (QED) is 0.883. The average Bonchev–Trinajstić information content (AvgIpc) is 2.48. The molecule has 116 valence electrons. The molecule has 1 aromatic heterocycles. The minimum Gasteiger partial charge on any atom is -0.349 e. The predicted molar refractivity (Wildman–Crippen MR) is 69.5 cm³/mol. The van der Waals surface area contributed by atoms with Gasteiger partial charge in [-0.2, -0.15) is 13.2 Å². The first-order valence-electron chi connectivity index (χ1n) is 6.29. The van der Waals surface area contributed by atoms with Gasteiger partial charge in [-0.25, -0.2) is 14.4 Å². The zero-order valence-electron chi connectivity index (χ0n) is 11.2. The van der Waals surface area contributed by atoms with Crippen molar-refractivity contribution in [1.82, 2.24) is 15.3 Å². The van der Waals surface area contributed by atoms with Crippen LogP contribution in [0.3, 0.4) is 0 Å². The molecule has 0 radical (unpaired) electrons. The second kappa shape index (κ2) is 6.50. The van der Waals surface area contributed by atoms with Gasteiger partial charge in [0, 0.05) is 12.7 Å². The summed E-state index contributed by atoms with van der Waals surface area (Å²) in [4.78, 5) is 18.4. The van der Waals surface area contributed by atoms with Crippen molar-refractivity contribution < 1.29 is 22.4 Å². The lowest BCUT2D eigenvalue weighted by atomic mass is 10.1. The van der Waals surface area contributed by atoms with E-state index in [4.69, 9.17) is 0 Å². The van der Waals surface area contributed by atoms with Gasteiger partial charge in [-0.1, -0.05) is 12.1 Å². The molecule has 4 nitrogen and oxygen atoms in total. The number of nitrogens with zero attached hydrogens (tertiary/aromatic N) is 2. The van der Waals surface area contributed by atoms with E-state index in [2.05, 4.69) is 15.3 Å². The van der Waals surface area contributed by atoms with E-state index in [-0.39, 0.29) is 12.4 Å². The minimum atomic E-state index is -4.63. The molecule has 1 heterocycles. The van der Waals surface area contributed by atoms with Crippen LogP contribution in [-0.2, 0) is 12.6 Å². The maximum Gasteiger partial charge on any atom is 0.433 e. The molecule has 0 bridgehead atoms. The molecule has 1 N–H and O–H groups in total. The van der Waals surface area contributed by atoms with Crippen LogP contribution in [0, 0.1) is 5.82 Å². The summed E-state index contributed by atoms with van der Waals surface area (Å²) >= 11 is 0. The molecule has 1 amide bonds. The zero-order chi connectivity index (χ0) is 16.2. The highest BCUT2D eigenvalue weighted by molar-refractivity contribution is 5.90. The molecule has 0 aliphatic rings. The van der Waals surface area contributed by atoms with Gasteiger partial charge >= 0.3 is 6.18 Å². The normalized spacial score (nSPS) is 11.3. The molecule has 0 aliphatic heterocycles. The number of benzene rings is 1. The number of hydrogen-bond donors (Lipinski definition) is 1. The molecular formula is C14H11F4N3O. The number of hydrogen-bond acceptors (Lipinski definition) is 3. The lowest BCUT2D eigenvalue weighted by Gasteiger charge is -2.07. The van der Waals surface area contributed by atoms with Gasteiger partial charge in [-0.15, -0.1) is 0 Å². The van der Waals surface area contributed by atoms with Crippen molar-refractivity contribution in [2.75, 3.05) is 6.54 Å². The Morgan fingerprint density at radius 1 is 1.14 bits per heavy atom. The zero-order valence-corrected chi connectivity index (χ0v) is 11.2. The molecule has 0 spiro atoms. The van der Waals surface area contributed by atoms with E-state index in [1.807, 2.05) is 0 Å². The van der Waals surface area contributed by atoms with Crippen LogP contribution < -0.4 is 5.32 Å². The van der Waals surface area contributed by atoms with E-state index in [1.165, 1.54) is 12.1 Å². The van der Waals surface area contributed by atoms with E-state index in [1.54, 1.807) is 12.1 Å². The fourth-order valence-electron chi connectivity index (χ4n) is 1.68. The number of rotatable bonds is 4. The van der Waals surface area contributed by atoms with Gasteiger partial charge in [0.15, 0.2) is 0 Å². The molecule has 0 fully saturated rings. The number of halogens is 4. The van der Waals surface area contributed by atoms with Crippen LogP contribution in [0.5, 0.6) is 0 Å². The molecular weight excluding hydrogens is 302 g/mol. The Balaban J connectivity index is 1.93. The molecule has 0 unspecified atom stereocenters. The summed E-state index contributed by atoms with van der Waals surface area (Å²) in [5.74, 6) is -1.72. The Morgan fingerprint density at radius 2 is 1.82 bits per heavy atom. The van der Waals surface area contributed by atoms with Gasteiger partial charge in [0.1, 0.15) is 11.5 Å². The highest BCUT2D eigenvalue weighted by Crippen LogP contribution is 2.26. The first kappa shape index (κ1) is 15.9. The van der Waals surface area contributed by atoms with E-state index >= 15 is 0 Å². The molecule has 8 heteroatoms. The van der Waals surface area contributed by atoms with Crippen molar-refractivity contribution in [2.45, 2.75) is 12.6 Å². The molecule has 0 aliphatic carbocycles. The lowest BCUT2D eigenvalue weighted by Crippen LogP contribution is -2.28. The summed E-state index contributed by atoms with van der Waals surface area (Å²) in [6.45, 7) is 0.171. The van der Waals surface area contributed by atoms with Gasteiger partial charge in [0.05, 0.1) is 0 Å². The third-order valence-corrected chi connectivity index (χ3v) is 2.76. The smallest absolute Gasteiger partial charge is 0.349 e. The molecule has 2 rings (SSSR count). The van der Waals surface area contributed by atoms with Gasteiger partial charge in [-0.05, 0) is 30.2 Å². The fourth-order valence-corrected chi connectivity index (χ4v) is 1.68. The lowest BCUT2D eigenvalue weighted by molar-refractivity contribution is -0.141. The van der Waals surface area contributed by atoms with Crippen molar-refractivity contribution in [3.05, 3.63) is 59.4 Å². The molecule has 1 aromatic carbocycles. The molecule has 2 aromatic rings. The van der Waals surface area contributed by atoms with E-state index in [9.17, 15) is 22.4 Å². The first-order valence-corrected chi connectivity index (χ1v) is 6.29. The van der Waals surface area contributed by atoms with Crippen LogP contribution in [0.2, 0.25) is 0 Å². The summed E-state index contributed by atoms with van der Waals surface area (Å²) in [7, 11) is 0. The highest BCUT2D eigenvalue weighted by atomic mass is 19.4. The van der Waals surface area contributed by atoms with Crippen LogP contribution in [0.25, 0.3) is 0 Å².